The lowest BCUT2D eigenvalue weighted by atomic mass is 10.1. The van der Waals surface area contributed by atoms with Gasteiger partial charge in [0, 0.05) is 16.3 Å². The van der Waals surface area contributed by atoms with E-state index in [0.29, 0.717) is 44.5 Å². The Morgan fingerprint density at radius 2 is 2.00 bits per heavy atom. The van der Waals surface area contributed by atoms with Crippen molar-refractivity contribution in [3.8, 4) is 28.8 Å². The number of hydrogen-bond donors (Lipinski definition) is 0. The van der Waals surface area contributed by atoms with Crippen LogP contribution in [0.5, 0.6) is 11.5 Å². The van der Waals surface area contributed by atoms with Crippen molar-refractivity contribution in [2.75, 3.05) is 14.2 Å². The Hall–Kier alpha value is -3.89. The molecule has 0 saturated carbocycles. The molecule has 0 saturated heterocycles. The minimum Gasteiger partial charge on any atom is -0.497 e. The van der Waals surface area contributed by atoms with Crippen molar-refractivity contribution in [1.29, 1.82) is 5.26 Å². The molecule has 2 aromatic carbocycles. The van der Waals surface area contributed by atoms with Crippen molar-refractivity contribution in [2.24, 2.45) is 0 Å². The zero-order valence-corrected chi connectivity index (χ0v) is 17.0. The molecule has 0 fully saturated rings. The van der Waals surface area contributed by atoms with Gasteiger partial charge in [0.2, 0.25) is 0 Å². The lowest BCUT2D eigenvalue weighted by Gasteiger charge is -2.07. The molecule has 2 aromatic heterocycles. The molecule has 0 unspecified atom stereocenters. The van der Waals surface area contributed by atoms with Crippen molar-refractivity contribution < 1.29 is 13.9 Å². The molecule has 0 aliphatic carbocycles. The van der Waals surface area contributed by atoms with Gasteiger partial charge in [0.15, 0.2) is 0 Å². The fraction of sp³-hybridized carbons (Fsp3) is 0.0870. The first-order valence-electron chi connectivity index (χ1n) is 8.96. The molecule has 30 heavy (non-hydrogen) atoms. The third-order valence-corrected chi connectivity index (χ3v) is 5.38. The molecular weight excluding hydrogens is 400 g/mol. The average Bonchev–Trinajstić information content (AvgIpc) is 3.26. The van der Waals surface area contributed by atoms with Crippen molar-refractivity contribution in [3.05, 3.63) is 74.9 Å². The van der Waals surface area contributed by atoms with E-state index in [1.54, 1.807) is 56.0 Å². The molecule has 0 bridgehead atoms. The number of nitriles is 1. The second-order valence-electron chi connectivity index (χ2n) is 6.30. The summed E-state index contributed by atoms with van der Waals surface area (Å²) >= 11 is 1.28. The Morgan fingerprint density at radius 1 is 1.17 bits per heavy atom. The van der Waals surface area contributed by atoms with Crippen LogP contribution in [0, 0.1) is 11.3 Å². The van der Waals surface area contributed by atoms with Gasteiger partial charge in [-0.2, -0.15) is 5.26 Å². The molecule has 0 aliphatic heterocycles. The summed E-state index contributed by atoms with van der Waals surface area (Å²) in [5, 5.41) is 12.7. The van der Waals surface area contributed by atoms with Gasteiger partial charge in [-0.15, -0.1) is 11.3 Å². The third-order valence-electron chi connectivity index (χ3n) is 4.51. The maximum Gasteiger partial charge on any atom is 0.345 e. The Bertz CT molecular complexity index is 1360. The van der Waals surface area contributed by atoms with Crippen LogP contribution in [-0.2, 0) is 0 Å². The predicted octanol–water partition coefficient (Wildman–Crippen LogP) is 5.00. The lowest BCUT2D eigenvalue weighted by Crippen LogP contribution is -2.02. The quantitative estimate of drug-likeness (QED) is 0.336. The summed E-state index contributed by atoms with van der Waals surface area (Å²) in [6, 6.07) is 16.5. The van der Waals surface area contributed by atoms with Gasteiger partial charge in [0.05, 0.1) is 31.1 Å². The first kappa shape index (κ1) is 19.4. The topological polar surface area (TPSA) is 85.3 Å². The number of fused-ring (bicyclic) bond motifs is 1. The number of allylic oxidation sites excluding steroid dienone is 1. The molecule has 0 N–H and O–H groups in total. The number of rotatable bonds is 5. The minimum absolute atomic E-state index is 0.350. The summed E-state index contributed by atoms with van der Waals surface area (Å²) in [5.74, 6) is 1.25. The monoisotopic (exact) mass is 416 g/mol. The van der Waals surface area contributed by atoms with Gasteiger partial charge in [0.1, 0.15) is 28.2 Å². The van der Waals surface area contributed by atoms with Crippen molar-refractivity contribution >= 4 is 34.0 Å². The number of aromatic nitrogens is 1. The SMILES string of the molecule is COc1ccc(OC)c(/C=C(/C#N)c2nc(-c3cc4ccccc4oc3=O)cs2)c1. The van der Waals surface area contributed by atoms with Gasteiger partial charge >= 0.3 is 5.63 Å². The summed E-state index contributed by atoms with van der Waals surface area (Å²) in [5.41, 5.74) is 1.91. The lowest BCUT2D eigenvalue weighted by molar-refractivity contribution is 0.402. The molecule has 0 radical (unpaired) electrons. The second-order valence-corrected chi connectivity index (χ2v) is 7.16. The number of nitrogens with zero attached hydrogens (tertiary/aromatic N) is 2. The zero-order chi connectivity index (χ0) is 21.1. The van der Waals surface area contributed by atoms with Crippen LogP contribution in [0.25, 0.3) is 33.9 Å². The Labute approximate surface area is 176 Å². The Morgan fingerprint density at radius 3 is 2.77 bits per heavy atom. The molecule has 2 heterocycles. The van der Waals surface area contributed by atoms with E-state index in [1.807, 2.05) is 18.2 Å². The number of benzene rings is 2. The van der Waals surface area contributed by atoms with Gasteiger partial charge in [-0.25, -0.2) is 9.78 Å². The standard InChI is InChI=1S/C23H16N2O4S/c1-27-17-7-8-20(28-2)15(10-17)9-16(12-24)22-25-19(13-30-22)18-11-14-5-3-4-6-21(14)29-23(18)26/h3-11,13H,1-2H3/b16-9-. The van der Waals surface area contributed by atoms with Gasteiger partial charge < -0.3 is 13.9 Å². The van der Waals surface area contributed by atoms with Crippen LogP contribution in [0.1, 0.15) is 10.6 Å². The molecule has 6 nitrogen and oxygen atoms in total. The predicted molar refractivity (Wildman–Crippen MR) is 117 cm³/mol. The molecule has 7 heteroatoms. The van der Waals surface area contributed by atoms with E-state index in [0.717, 1.165) is 5.39 Å². The third kappa shape index (κ3) is 3.69. The summed E-state index contributed by atoms with van der Waals surface area (Å²) in [6.45, 7) is 0. The van der Waals surface area contributed by atoms with Crippen LogP contribution < -0.4 is 15.1 Å². The van der Waals surface area contributed by atoms with E-state index in [-0.39, 0.29) is 0 Å². The molecule has 0 aliphatic rings. The molecule has 0 spiro atoms. The second kappa shape index (κ2) is 8.23. The van der Waals surface area contributed by atoms with Gasteiger partial charge in [-0.3, -0.25) is 0 Å². The Kier molecular flexibility index (Phi) is 5.33. The van der Waals surface area contributed by atoms with E-state index < -0.39 is 5.63 Å². The van der Waals surface area contributed by atoms with Crippen molar-refractivity contribution in [3.63, 3.8) is 0 Å². The molecule has 4 aromatic rings. The van der Waals surface area contributed by atoms with Gasteiger partial charge in [0.25, 0.3) is 0 Å². The highest BCUT2D eigenvalue weighted by Crippen LogP contribution is 2.31. The zero-order valence-electron chi connectivity index (χ0n) is 16.2. The molecule has 0 amide bonds. The van der Waals surface area contributed by atoms with E-state index in [2.05, 4.69) is 11.1 Å². The molecule has 148 valence electrons. The van der Waals surface area contributed by atoms with E-state index in [4.69, 9.17) is 13.9 Å². The summed E-state index contributed by atoms with van der Waals surface area (Å²) in [7, 11) is 3.13. The Balaban J connectivity index is 1.76. The fourth-order valence-corrected chi connectivity index (χ4v) is 3.80. The van der Waals surface area contributed by atoms with Crippen molar-refractivity contribution in [2.45, 2.75) is 0 Å². The summed E-state index contributed by atoms with van der Waals surface area (Å²) < 4.78 is 16.0. The highest BCUT2D eigenvalue weighted by molar-refractivity contribution is 7.11. The number of methoxy groups -OCH3 is 2. The van der Waals surface area contributed by atoms with E-state index in [9.17, 15) is 10.1 Å². The first-order chi connectivity index (χ1) is 14.6. The highest BCUT2D eigenvalue weighted by atomic mass is 32.1. The summed E-state index contributed by atoms with van der Waals surface area (Å²) in [4.78, 5) is 16.9. The maximum atomic E-state index is 12.4. The molecule has 4 rings (SSSR count). The largest absolute Gasteiger partial charge is 0.497 e. The van der Waals surface area contributed by atoms with Gasteiger partial charge in [-0.05, 0) is 36.4 Å². The smallest absolute Gasteiger partial charge is 0.345 e. The van der Waals surface area contributed by atoms with Crippen LogP contribution >= 0.6 is 11.3 Å². The highest BCUT2D eigenvalue weighted by Gasteiger charge is 2.14. The van der Waals surface area contributed by atoms with Crippen LogP contribution in [0.3, 0.4) is 0 Å². The van der Waals surface area contributed by atoms with Crippen LogP contribution in [0.15, 0.2) is 63.1 Å². The fourth-order valence-electron chi connectivity index (χ4n) is 3.01. The summed E-state index contributed by atoms with van der Waals surface area (Å²) in [6.07, 6.45) is 1.69. The first-order valence-corrected chi connectivity index (χ1v) is 9.84. The van der Waals surface area contributed by atoms with E-state index in [1.165, 1.54) is 11.3 Å². The van der Waals surface area contributed by atoms with Crippen LogP contribution in [0.4, 0.5) is 0 Å². The van der Waals surface area contributed by atoms with Crippen molar-refractivity contribution in [1.82, 2.24) is 4.98 Å². The average molecular weight is 416 g/mol. The number of hydrogen-bond acceptors (Lipinski definition) is 7. The number of thiazole rings is 1. The minimum atomic E-state index is -0.470. The molecular formula is C23H16N2O4S. The molecule has 0 atom stereocenters. The van der Waals surface area contributed by atoms with Crippen LogP contribution in [-0.4, -0.2) is 19.2 Å². The maximum absolute atomic E-state index is 12.4. The number of para-hydroxylation sites is 1. The number of ether oxygens (including phenoxy) is 2. The van der Waals surface area contributed by atoms with Crippen LogP contribution in [0.2, 0.25) is 0 Å². The van der Waals surface area contributed by atoms with E-state index >= 15 is 0 Å². The normalized spacial score (nSPS) is 11.3. The van der Waals surface area contributed by atoms with Gasteiger partial charge in [-0.1, -0.05) is 18.2 Å².